The Labute approximate surface area is 176 Å². The molecule has 0 aromatic rings. The van der Waals surface area contributed by atoms with Gasteiger partial charge in [0.1, 0.15) is 5.54 Å². The number of hydrogen-bond donors (Lipinski definition) is 3. The first kappa shape index (κ1) is 22.2. The monoisotopic (exact) mass is 418 g/mol. The summed E-state index contributed by atoms with van der Waals surface area (Å²) in [5.41, 5.74) is 2.32. The number of nitrogens with one attached hydrogen (secondary N) is 1. The number of piperazine rings is 1. The van der Waals surface area contributed by atoms with E-state index in [9.17, 15) is 14.7 Å². The van der Waals surface area contributed by atoms with Crippen LogP contribution in [0.2, 0.25) is 0 Å². The van der Waals surface area contributed by atoms with Crippen molar-refractivity contribution in [2.24, 2.45) is 0 Å². The molecular weight excluding hydrogens is 388 g/mol. The first-order valence-electron chi connectivity index (χ1n) is 10.2. The van der Waals surface area contributed by atoms with Crippen LogP contribution in [-0.4, -0.2) is 95.5 Å². The Hall–Kier alpha value is -2.46. The van der Waals surface area contributed by atoms with Gasteiger partial charge in [-0.3, -0.25) is 5.01 Å². The van der Waals surface area contributed by atoms with Gasteiger partial charge in [0, 0.05) is 45.1 Å². The summed E-state index contributed by atoms with van der Waals surface area (Å²) >= 11 is 0. The van der Waals surface area contributed by atoms with Crippen molar-refractivity contribution in [2.75, 3.05) is 53.0 Å². The highest BCUT2D eigenvalue weighted by Gasteiger charge is 2.43. The SMILES string of the molecule is CN1CCN(CCCCOCC2(/C(=C/C(=O)O)C(=O)O)C=C3C=CC=CN3N2)CC1. The van der Waals surface area contributed by atoms with E-state index < -0.39 is 17.5 Å². The Morgan fingerprint density at radius 2 is 1.97 bits per heavy atom. The fraction of sp³-hybridized carbons (Fsp3) is 0.524. The molecule has 3 aliphatic heterocycles. The van der Waals surface area contributed by atoms with Crippen LogP contribution in [0.15, 0.2) is 47.9 Å². The predicted octanol–water partition coefficient (Wildman–Crippen LogP) is 0.653. The van der Waals surface area contributed by atoms with Crippen molar-refractivity contribution in [3.63, 3.8) is 0 Å². The quantitative estimate of drug-likeness (QED) is 0.348. The molecule has 9 nitrogen and oxygen atoms in total. The van der Waals surface area contributed by atoms with Crippen LogP contribution in [-0.2, 0) is 14.3 Å². The molecule has 0 aromatic heterocycles. The van der Waals surface area contributed by atoms with Crippen molar-refractivity contribution in [3.05, 3.63) is 47.9 Å². The fourth-order valence-electron chi connectivity index (χ4n) is 3.81. The summed E-state index contributed by atoms with van der Waals surface area (Å²) in [7, 11) is 2.13. The Morgan fingerprint density at radius 1 is 1.20 bits per heavy atom. The summed E-state index contributed by atoms with van der Waals surface area (Å²) in [5, 5.41) is 20.5. The summed E-state index contributed by atoms with van der Waals surface area (Å²) in [5.74, 6) is -2.61. The zero-order valence-electron chi connectivity index (χ0n) is 17.3. The third-order valence-corrected chi connectivity index (χ3v) is 5.52. The molecule has 0 aliphatic carbocycles. The number of rotatable bonds is 10. The molecule has 0 aromatic carbocycles. The van der Waals surface area contributed by atoms with Crippen molar-refractivity contribution < 1.29 is 24.5 Å². The lowest BCUT2D eigenvalue weighted by atomic mass is 9.90. The smallest absolute Gasteiger partial charge is 0.334 e. The maximum Gasteiger partial charge on any atom is 0.334 e. The summed E-state index contributed by atoms with van der Waals surface area (Å²) in [6.07, 6.45) is 11.5. The van der Waals surface area contributed by atoms with Crippen LogP contribution in [0.4, 0.5) is 0 Å². The third-order valence-electron chi connectivity index (χ3n) is 5.52. The van der Waals surface area contributed by atoms with E-state index in [0.29, 0.717) is 6.61 Å². The average Bonchev–Trinajstić information content (AvgIpc) is 3.09. The standard InChI is InChI=1S/C21H30N4O5/c1-23-9-11-24(12-10-23)7-4-5-13-30-16-21(18(20(28)29)14-19(26)27)15-17-6-2-3-8-25(17)22-21/h2-3,6,8,14-15,22H,4-5,7,9-13,16H2,1H3,(H,26,27)(H,28,29)/b18-14+. The summed E-state index contributed by atoms with van der Waals surface area (Å²) in [6, 6.07) is 0. The Kier molecular flexibility index (Phi) is 7.43. The number of nitrogens with zero attached hydrogens (tertiary/aromatic N) is 3. The number of carboxylic acids is 2. The van der Waals surface area contributed by atoms with E-state index in [1.807, 2.05) is 12.2 Å². The largest absolute Gasteiger partial charge is 0.478 e. The van der Waals surface area contributed by atoms with E-state index in [4.69, 9.17) is 9.84 Å². The molecule has 0 bridgehead atoms. The van der Waals surface area contributed by atoms with E-state index in [2.05, 4.69) is 22.3 Å². The number of unbranched alkanes of at least 4 members (excludes halogenated alkanes) is 1. The number of likely N-dealkylation sites (N-methyl/N-ethyl adjacent to an activating group) is 1. The molecule has 3 N–H and O–H groups in total. The molecule has 0 saturated carbocycles. The Bertz CT molecular complexity index is 767. The minimum absolute atomic E-state index is 0.0224. The lowest BCUT2D eigenvalue weighted by Gasteiger charge is -2.32. The molecule has 30 heavy (non-hydrogen) atoms. The highest BCUT2D eigenvalue weighted by molar-refractivity contribution is 5.97. The van der Waals surface area contributed by atoms with Gasteiger partial charge in [0.2, 0.25) is 0 Å². The number of carbonyl (C=O) groups is 2. The van der Waals surface area contributed by atoms with Gasteiger partial charge in [-0.15, -0.1) is 0 Å². The molecule has 0 spiro atoms. The van der Waals surface area contributed by atoms with Gasteiger partial charge in [-0.2, -0.15) is 0 Å². The highest BCUT2D eigenvalue weighted by atomic mass is 16.5. The van der Waals surface area contributed by atoms with Crippen LogP contribution < -0.4 is 5.43 Å². The van der Waals surface area contributed by atoms with Crippen LogP contribution >= 0.6 is 0 Å². The molecule has 1 atom stereocenters. The summed E-state index contributed by atoms with van der Waals surface area (Å²) < 4.78 is 5.84. The summed E-state index contributed by atoms with van der Waals surface area (Å²) in [4.78, 5) is 27.8. The molecule has 3 heterocycles. The van der Waals surface area contributed by atoms with Gasteiger partial charge in [-0.1, -0.05) is 6.08 Å². The minimum atomic E-state index is -1.31. The lowest BCUT2D eigenvalue weighted by molar-refractivity contribution is -0.136. The van der Waals surface area contributed by atoms with Gasteiger partial charge >= 0.3 is 11.9 Å². The third kappa shape index (κ3) is 5.57. The summed E-state index contributed by atoms with van der Waals surface area (Å²) in [6.45, 7) is 5.86. The van der Waals surface area contributed by atoms with Crippen molar-refractivity contribution in [3.8, 4) is 0 Å². The second kappa shape index (κ2) is 10.0. The number of hydrazine groups is 1. The van der Waals surface area contributed by atoms with Crippen LogP contribution in [0.5, 0.6) is 0 Å². The average molecular weight is 418 g/mol. The maximum atomic E-state index is 11.8. The Morgan fingerprint density at radius 3 is 2.63 bits per heavy atom. The van der Waals surface area contributed by atoms with Crippen LogP contribution in [0.25, 0.3) is 0 Å². The molecule has 9 heteroatoms. The molecule has 0 radical (unpaired) electrons. The second-order valence-corrected chi connectivity index (χ2v) is 7.83. The molecule has 1 saturated heterocycles. The van der Waals surface area contributed by atoms with E-state index in [1.165, 1.54) is 0 Å². The highest BCUT2D eigenvalue weighted by Crippen LogP contribution is 2.31. The van der Waals surface area contributed by atoms with Crippen molar-refractivity contribution in [1.29, 1.82) is 0 Å². The first-order chi connectivity index (χ1) is 14.4. The van der Waals surface area contributed by atoms with Crippen molar-refractivity contribution >= 4 is 11.9 Å². The molecule has 3 rings (SSSR count). The zero-order chi connectivity index (χ0) is 21.6. The maximum absolute atomic E-state index is 11.8. The number of fused-ring (bicyclic) bond motifs is 1. The van der Waals surface area contributed by atoms with Gasteiger partial charge in [-0.05, 0) is 44.7 Å². The first-order valence-corrected chi connectivity index (χ1v) is 10.2. The van der Waals surface area contributed by atoms with Gasteiger partial charge < -0.3 is 24.7 Å². The van der Waals surface area contributed by atoms with E-state index >= 15 is 0 Å². The van der Waals surface area contributed by atoms with Gasteiger partial charge in [0.25, 0.3) is 0 Å². The van der Waals surface area contributed by atoms with Gasteiger partial charge in [0.15, 0.2) is 0 Å². The Balaban J connectivity index is 1.57. The molecule has 164 valence electrons. The van der Waals surface area contributed by atoms with E-state index in [-0.39, 0.29) is 12.2 Å². The number of hydrogen-bond acceptors (Lipinski definition) is 7. The van der Waals surface area contributed by atoms with Crippen LogP contribution in [0, 0.1) is 0 Å². The topological polar surface area (TPSA) is 106 Å². The van der Waals surface area contributed by atoms with Crippen molar-refractivity contribution in [2.45, 2.75) is 18.4 Å². The minimum Gasteiger partial charge on any atom is -0.478 e. The number of carboxylic acid groups (broad SMARTS) is 2. The molecular formula is C21H30N4O5. The van der Waals surface area contributed by atoms with Gasteiger partial charge in [0.05, 0.1) is 17.9 Å². The second-order valence-electron chi connectivity index (χ2n) is 7.83. The van der Waals surface area contributed by atoms with E-state index in [0.717, 1.165) is 57.3 Å². The predicted molar refractivity (Wildman–Crippen MR) is 111 cm³/mol. The number of aliphatic carboxylic acids is 2. The lowest BCUT2D eigenvalue weighted by Crippen LogP contribution is -2.52. The molecule has 0 amide bonds. The number of allylic oxidation sites excluding steroid dienone is 3. The molecule has 1 fully saturated rings. The molecule has 1 unspecified atom stereocenters. The fourth-order valence-corrected chi connectivity index (χ4v) is 3.81. The van der Waals surface area contributed by atoms with Crippen LogP contribution in [0.1, 0.15) is 12.8 Å². The van der Waals surface area contributed by atoms with Crippen molar-refractivity contribution in [1.82, 2.24) is 20.2 Å². The van der Waals surface area contributed by atoms with E-state index in [1.54, 1.807) is 23.4 Å². The van der Waals surface area contributed by atoms with Gasteiger partial charge in [-0.25, -0.2) is 15.0 Å². The molecule has 3 aliphatic rings. The van der Waals surface area contributed by atoms with Crippen LogP contribution in [0.3, 0.4) is 0 Å². The zero-order valence-corrected chi connectivity index (χ0v) is 17.3. The number of ether oxygens (including phenoxy) is 1. The normalized spacial score (nSPS) is 24.8.